The van der Waals surface area contributed by atoms with Crippen molar-refractivity contribution in [3.63, 3.8) is 0 Å². The molecule has 0 spiro atoms. The SMILES string of the molecule is CCC(C)(C)C(=O)OC12CC3CC(CC(OC(=O)/C=C/c4ccc(C5CCCCC5)cc4)(C3)C1)C2.CCC(C)(C)C(=O)OC12CC3CC(CC(OC(=O)/C=C/c4ccc(OC)cc4)(C3)C1)C2.CCC1CCC(C2CCC(C(=O)Oc3ccc(/C=C/C(=O)OCCCCOC(=O)C(C)CC)cc3C)CC2)CC1. The molecule has 11 fully saturated rings. The lowest BCUT2D eigenvalue weighted by Gasteiger charge is -2.60. The molecule has 0 saturated heterocycles. The van der Waals surface area contributed by atoms with Gasteiger partial charge in [0.25, 0.3) is 0 Å². The van der Waals surface area contributed by atoms with Gasteiger partial charge in [-0.25, -0.2) is 14.4 Å². The molecule has 11 aliphatic carbocycles. The highest BCUT2D eigenvalue weighted by molar-refractivity contribution is 5.89. The van der Waals surface area contributed by atoms with Gasteiger partial charge in [0.05, 0.1) is 43.0 Å². The van der Waals surface area contributed by atoms with E-state index < -0.39 is 39.2 Å². The van der Waals surface area contributed by atoms with Crippen molar-refractivity contribution < 1.29 is 71.5 Å². The number of hydrogen-bond donors (Lipinski definition) is 0. The molecule has 3 aromatic carbocycles. The smallest absolute Gasteiger partial charge is 0.331 e. The maximum Gasteiger partial charge on any atom is 0.331 e. The molecule has 15 heteroatoms. The third-order valence-corrected chi connectivity index (χ3v) is 26.1. The van der Waals surface area contributed by atoms with E-state index in [4.69, 9.17) is 37.9 Å². The lowest BCUT2D eigenvalue weighted by Crippen LogP contribution is -2.62. The normalized spacial score (nSPS) is 29.0. The number of aryl methyl sites for hydroxylation is 1. The van der Waals surface area contributed by atoms with E-state index >= 15 is 0 Å². The molecule has 8 bridgehead atoms. The predicted octanol–water partition coefficient (Wildman–Crippen LogP) is 20.5. The number of esters is 7. The number of methoxy groups -OCH3 is 1. The summed E-state index contributed by atoms with van der Waals surface area (Å²) in [5, 5.41) is 0. The highest BCUT2D eigenvalue weighted by Gasteiger charge is 2.63. The Morgan fingerprint density at radius 2 is 0.943 bits per heavy atom. The van der Waals surface area contributed by atoms with E-state index in [1.165, 1.54) is 88.3 Å². The summed E-state index contributed by atoms with van der Waals surface area (Å²) < 4.78 is 46.1. The van der Waals surface area contributed by atoms with Crippen molar-refractivity contribution in [1.29, 1.82) is 0 Å². The lowest BCUT2D eigenvalue weighted by molar-refractivity contribution is -0.235. The minimum atomic E-state index is -0.512. The van der Waals surface area contributed by atoms with Gasteiger partial charge in [-0.3, -0.25) is 19.2 Å². The van der Waals surface area contributed by atoms with Crippen LogP contribution in [0.4, 0.5) is 0 Å². The van der Waals surface area contributed by atoms with Crippen LogP contribution in [-0.2, 0) is 62.0 Å². The Morgan fingerprint density at radius 3 is 1.40 bits per heavy atom. The standard InChI is InChI=1S/C34H50O6.C31H42O4.C26H34O5/c1-5-24(3)33(36)39-22-8-7-21-38-32(35)20-12-27-11-19-31(25(4)23-27)40-34(37)30-17-15-29(16-18-30)28-13-9-26(6-2)10-14-28;1-4-29(2,3)28(33)35-31-19-23-16-24(20-31)18-30(17-23,21-31)34-27(32)15-12-22-10-13-26(14-11-22)25-8-6-5-7-9-25;1-5-24(2,3)23(28)31-26-15-19-12-20(16-26)14-25(13-19,17-26)30-22(27)11-8-18-6-9-21(29-4)10-7-18/h11-12,19-20,23-24,26,28-30H,5-10,13-18,21-22H2,1-4H3;10-15,23-25H,4-9,16-21H2,1-3H3;6-11,19-20H,5,12-17H2,1-4H3/b20-12+;15-12+;11-8+. The number of hydrogen-bond acceptors (Lipinski definition) is 15. The molecular weight excluding hydrogens is 1330 g/mol. The third-order valence-electron chi connectivity index (χ3n) is 26.1. The van der Waals surface area contributed by atoms with Crippen LogP contribution in [-0.4, -0.2) is 84.5 Å². The number of unbranched alkanes of at least 4 members (excludes halogenated alkanes) is 1. The van der Waals surface area contributed by atoms with Crippen LogP contribution in [0.1, 0.15) is 295 Å². The molecule has 0 heterocycles. The average molecular weight is 1460 g/mol. The number of carbonyl (C=O) groups excluding carboxylic acids is 7. The zero-order valence-electron chi connectivity index (χ0n) is 66.0. The fraction of sp³-hybridized carbons (Fsp3) is 0.659. The molecule has 106 heavy (non-hydrogen) atoms. The topological polar surface area (TPSA) is 193 Å². The molecule has 15 nitrogen and oxygen atoms in total. The van der Waals surface area contributed by atoms with Crippen LogP contribution >= 0.6 is 0 Å². The minimum absolute atomic E-state index is 0.0103. The zero-order chi connectivity index (χ0) is 75.9. The molecular formula is C91H126O15. The van der Waals surface area contributed by atoms with Crippen molar-refractivity contribution in [2.45, 2.75) is 297 Å². The van der Waals surface area contributed by atoms with Crippen LogP contribution < -0.4 is 9.47 Å². The van der Waals surface area contributed by atoms with E-state index in [9.17, 15) is 33.6 Å². The molecule has 0 aromatic heterocycles. The van der Waals surface area contributed by atoms with Gasteiger partial charge in [-0.1, -0.05) is 116 Å². The fourth-order valence-electron chi connectivity index (χ4n) is 19.5. The second-order valence-electron chi connectivity index (χ2n) is 35.1. The molecule has 14 rings (SSSR count). The lowest BCUT2D eigenvalue weighted by atomic mass is 9.52. The quantitative estimate of drug-likeness (QED) is 0.0230. The zero-order valence-corrected chi connectivity index (χ0v) is 66.0. The van der Waals surface area contributed by atoms with Crippen LogP contribution in [0.3, 0.4) is 0 Å². The predicted molar refractivity (Wildman–Crippen MR) is 414 cm³/mol. The van der Waals surface area contributed by atoms with Gasteiger partial charge in [-0.2, -0.15) is 0 Å². The summed E-state index contributed by atoms with van der Waals surface area (Å²) in [6.07, 6.45) is 41.7. The summed E-state index contributed by atoms with van der Waals surface area (Å²) in [7, 11) is 1.63. The Bertz CT molecular complexity index is 3520. The Labute approximate surface area is 633 Å². The summed E-state index contributed by atoms with van der Waals surface area (Å²) in [6.45, 7) is 20.5. The Morgan fingerprint density at radius 1 is 0.509 bits per heavy atom. The molecule has 11 saturated carbocycles. The van der Waals surface area contributed by atoms with Gasteiger partial charge >= 0.3 is 41.8 Å². The van der Waals surface area contributed by atoms with Gasteiger partial charge in [0.2, 0.25) is 0 Å². The molecule has 5 unspecified atom stereocenters. The second kappa shape index (κ2) is 36.5. The Hall–Kier alpha value is -7.03. The van der Waals surface area contributed by atoms with Gasteiger partial charge in [-0.05, 0) is 300 Å². The van der Waals surface area contributed by atoms with Crippen molar-refractivity contribution in [1.82, 2.24) is 0 Å². The highest BCUT2D eigenvalue weighted by atomic mass is 16.6. The summed E-state index contributed by atoms with van der Waals surface area (Å²) in [6, 6.07) is 21.7. The number of carbonyl (C=O) groups is 7. The van der Waals surface area contributed by atoms with E-state index in [2.05, 4.69) is 31.2 Å². The first-order valence-corrected chi connectivity index (χ1v) is 41.0. The maximum absolute atomic E-state index is 13.0. The summed E-state index contributed by atoms with van der Waals surface area (Å²) in [5.74, 6) is 4.81. The van der Waals surface area contributed by atoms with Crippen LogP contribution in [0.2, 0.25) is 0 Å². The van der Waals surface area contributed by atoms with E-state index in [0.29, 0.717) is 67.6 Å². The number of rotatable bonds is 27. The van der Waals surface area contributed by atoms with Crippen LogP contribution in [0.25, 0.3) is 18.2 Å². The highest BCUT2D eigenvalue weighted by Crippen LogP contribution is 2.62. The van der Waals surface area contributed by atoms with Crippen molar-refractivity contribution in [2.24, 2.45) is 64.1 Å². The Balaban J connectivity index is 0.000000171. The number of benzene rings is 3. The van der Waals surface area contributed by atoms with Gasteiger partial charge < -0.3 is 37.9 Å². The fourth-order valence-corrected chi connectivity index (χ4v) is 19.5. The molecule has 11 aliphatic rings. The Kier molecular flexibility index (Phi) is 28.0. The first kappa shape index (κ1) is 81.5. The van der Waals surface area contributed by atoms with E-state index in [-0.39, 0.29) is 54.3 Å². The van der Waals surface area contributed by atoms with E-state index in [1.54, 1.807) is 31.4 Å². The third kappa shape index (κ3) is 21.9. The summed E-state index contributed by atoms with van der Waals surface area (Å²) in [5.41, 5.74) is 2.13. The molecule has 580 valence electrons. The molecule has 0 aliphatic heterocycles. The first-order valence-electron chi connectivity index (χ1n) is 41.0. The van der Waals surface area contributed by atoms with Crippen LogP contribution in [0.15, 0.2) is 85.0 Å². The van der Waals surface area contributed by atoms with Gasteiger partial charge in [-0.15, -0.1) is 0 Å². The molecule has 3 aromatic rings. The van der Waals surface area contributed by atoms with Gasteiger partial charge in [0, 0.05) is 31.1 Å². The molecule has 0 amide bonds. The van der Waals surface area contributed by atoms with E-state index in [0.717, 1.165) is 148 Å². The maximum atomic E-state index is 13.0. The minimum Gasteiger partial charge on any atom is -0.497 e. The second-order valence-corrected chi connectivity index (χ2v) is 35.1. The van der Waals surface area contributed by atoms with Crippen LogP contribution in [0.5, 0.6) is 11.5 Å². The summed E-state index contributed by atoms with van der Waals surface area (Å²) in [4.78, 5) is 88.0. The first-order chi connectivity index (χ1) is 50.7. The largest absolute Gasteiger partial charge is 0.497 e. The van der Waals surface area contributed by atoms with Crippen LogP contribution in [0, 0.1) is 71.0 Å². The van der Waals surface area contributed by atoms with Gasteiger partial charge in [0.15, 0.2) is 0 Å². The van der Waals surface area contributed by atoms with Crippen molar-refractivity contribution in [3.8, 4) is 11.5 Å². The molecule has 0 N–H and O–H groups in total. The average Bonchev–Trinajstić information content (AvgIpc) is 0.727. The van der Waals surface area contributed by atoms with E-state index in [1.807, 2.05) is 105 Å². The molecule has 5 atom stereocenters. The van der Waals surface area contributed by atoms with Crippen molar-refractivity contribution in [3.05, 3.63) is 113 Å². The van der Waals surface area contributed by atoms with Crippen molar-refractivity contribution in [2.75, 3.05) is 20.3 Å². The monoisotopic (exact) mass is 1460 g/mol. The molecule has 0 radical (unpaired) electrons. The number of ether oxygens (including phenoxy) is 8. The van der Waals surface area contributed by atoms with Gasteiger partial charge in [0.1, 0.15) is 33.9 Å². The summed E-state index contributed by atoms with van der Waals surface area (Å²) >= 11 is 0. The van der Waals surface area contributed by atoms with Crippen molar-refractivity contribution >= 4 is 60.0 Å².